The molecule has 0 atom stereocenters. The smallest absolute Gasteiger partial charge is 0.233 e. The van der Waals surface area contributed by atoms with E-state index in [4.69, 9.17) is 11.6 Å². The Morgan fingerprint density at radius 3 is 2.54 bits per heavy atom. The number of aromatic nitrogens is 4. The molecule has 2 aromatic heterocycles. The van der Waals surface area contributed by atoms with Crippen LogP contribution in [0, 0.1) is 0 Å². The second-order valence-electron chi connectivity index (χ2n) is 6.55. The molecule has 144 valence electrons. The first kappa shape index (κ1) is 19.0. The van der Waals surface area contributed by atoms with Crippen molar-refractivity contribution in [2.75, 3.05) is 12.3 Å². The normalized spacial score (nSPS) is 13.5. The zero-order valence-corrected chi connectivity index (χ0v) is 17.0. The highest BCUT2D eigenvalue weighted by atomic mass is 35.5. The van der Waals surface area contributed by atoms with E-state index in [9.17, 15) is 4.79 Å². The molecule has 1 aliphatic rings. The van der Waals surface area contributed by atoms with Crippen LogP contribution < -0.4 is 0 Å². The first-order valence-corrected chi connectivity index (χ1v) is 10.6. The van der Waals surface area contributed by atoms with Crippen molar-refractivity contribution in [2.45, 2.75) is 31.0 Å². The van der Waals surface area contributed by atoms with Gasteiger partial charge in [0, 0.05) is 41.3 Å². The number of hydrogen-bond donors (Lipinski definition) is 0. The van der Waals surface area contributed by atoms with E-state index < -0.39 is 0 Å². The third kappa shape index (κ3) is 4.05. The van der Waals surface area contributed by atoms with Gasteiger partial charge in [-0.15, -0.1) is 10.2 Å². The summed E-state index contributed by atoms with van der Waals surface area (Å²) < 4.78 is 1.96. The Morgan fingerprint density at radius 1 is 1.18 bits per heavy atom. The van der Waals surface area contributed by atoms with E-state index in [2.05, 4.69) is 15.2 Å². The summed E-state index contributed by atoms with van der Waals surface area (Å²) in [7, 11) is 0. The number of benzene rings is 1. The van der Waals surface area contributed by atoms with Crippen LogP contribution in [0.3, 0.4) is 0 Å². The molecular weight excluding hydrogens is 394 g/mol. The first-order chi connectivity index (χ1) is 13.7. The lowest BCUT2D eigenvalue weighted by molar-refractivity contribution is -0.128. The highest BCUT2D eigenvalue weighted by Gasteiger charge is 2.31. The summed E-state index contributed by atoms with van der Waals surface area (Å²) in [6, 6.07) is 11.7. The van der Waals surface area contributed by atoms with Gasteiger partial charge in [-0.2, -0.15) is 0 Å². The maximum absolute atomic E-state index is 12.6. The quantitative estimate of drug-likeness (QED) is 0.546. The molecule has 28 heavy (non-hydrogen) atoms. The van der Waals surface area contributed by atoms with Crippen molar-refractivity contribution in [3.8, 4) is 17.1 Å². The van der Waals surface area contributed by atoms with Crippen LogP contribution in [0.2, 0.25) is 5.02 Å². The molecule has 1 aromatic carbocycles. The molecule has 1 aliphatic carbocycles. The second kappa shape index (κ2) is 8.32. The summed E-state index contributed by atoms with van der Waals surface area (Å²) in [5.41, 5.74) is 1.80. The third-order valence-electron chi connectivity index (χ3n) is 4.63. The Bertz CT molecular complexity index is 956. The monoisotopic (exact) mass is 413 g/mol. The van der Waals surface area contributed by atoms with Gasteiger partial charge < -0.3 is 4.90 Å². The molecular formula is C20H20ClN5OS. The van der Waals surface area contributed by atoms with Crippen molar-refractivity contribution in [3.05, 3.63) is 53.8 Å². The van der Waals surface area contributed by atoms with Gasteiger partial charge in [-0.1, -0.05) is 23.4 Å². The molecule has 3 aromatic rings. The fourth-order valence-corrected chi connectivity index (χ4v) is 4.07. The first-order valence-electron chi connectivity index (χ1n) is 9.21. The van der Waals surface area contributed by atoms with Crippen LogP contribution >= 0.6 is 23.4 Å². The summed E-state index contributed by atoms with van der Waals surface area (Å²) in [4.78, 5) is 18.7. The maximum Gasteiger partial charge on any atom is 0.233 e. The highest BCUT2D eigenvalue weighted by Crippen LogP contribution is 2.30. The lowest BCUT2D eigenvalue weighted by Crippen LogP contribution is -2.34. The fourth-order valence-electron chi connectivity index (χ4n) is 3.11. The largest absolute Gasteiger partial charge is 0.339 e. The van der Waals surface area contributed by atoms with Gasteiger partial charge in [0.05, 0.1) is 5.75 Å². The molecule has 0 N–H and O–H groups in total. The van der Waals surface area contributed by atoms with E-state index in [0.29, 0.717) is 27.8 Å². The van der Waals surface area contributed by atoms with Gasteiger partial charge in [0.1, 0.15) is 0 Å². The lowest BCUT2D eigenvalue weighted by atomic mass is 10.2. The molecule has 8 heteroatoms. The minimum Gasteiger partial charge on any atom is -0.339 e. The number of hydrogen-bond acceptors (Lipinski definition) is 5. The number of carbonyl (C=O) groups excluding carboxylic acids is 1. The number of thioether (sulfide) groups is 1. The molecule has 1 amide bonds. The molecule has 2 heterocycles. The van der Waals surface area contributed by atoms with Crippen LogP contribution in [0.25, 0.3) is 17.1 Å². The number of carbonyl (C=O) groups is 1. The number of halogens is 1. The van der Waals surface area contributed by atoms with E-state index in [1.54, 1.807) is 12.4 Å². The molecule has 6 nitrogen and oxygen atoms in total. The van der Waals surface area contributed by atoms with E-state index in [0.717, 1.165) is 30.6 Å². The zero-order chi connectivity index (χ0) is 19.5. The maximum atomic E-state index is 12.6. The third-order valence-corrected chi connectivity index (χ3v) is 5.80. The van der Waals surface area contributed by atoms with Crippen molar-refractivity contribution >= 4 is 29.3 Å². The van der Waals surface area contributed by atoms with Gasteiger partial charge in [0.2, 0.25) is 5.91 Å². The molecule has 0 aliphatic heterocycles. The molecule has 1 fully saturated rings. The predicted molar refractivity (Wildman–Crippen MR) is 111 cm³/mol. The van der Waals surface area contributed by atoms with Gasteiger partial charge in [0.15, 0.2) is 11.0 Å². The molecule has 0 bridgehead atoms. The average Bonchev–Trinajstić information content (AvgIpc) is 3.46. The number of pyridine rings is 1. The van der Waals surface area contributed by atoms with Crippen molar-refractivity contribution in [1.29, 1.82) is 0 Å². The summed E-state index contributed by atoms with van der Waals surface area (Å²) in [5.74, 6) is 1.19. The Kier molecular flexibility index (Phi) is 5.64. The van der Waals surface area contributed by atoms with Crippen molar-refractivity contribution in [2.24, 2.45) is 0 Å². The lowest BCUT2D eigenvalue weighted by Gasteiger charge is -2.20. The standard InChI is InChI=1S/C20H20ClN5OS/c1-2-25(16-7-8-16)18(27)13-28-20-24-23-19(14-9-11-22-12-10-14)26(20)17-5-3-15(21)4-6-17/h3-6,9-12,16H,2,7-8,13H2,1H3. The SMILES string of the molecule is CCN(C(=O)CSc1nnc(-c2ccncc2)n1-c1ccc(Cl)cc1)C1CC1. The minimum absolute atomic E-state index is 0.145. The van der Waals surface area contributed by atoms with Gasteiger partial charge >= 0.3 is 0 Å². The Hall–Kier alpha value is -2.38. The molecule has 0 unspecified atom stereocenters. The van der Waals surface area contributed by atoms with E-state index in [-0.39, 0.29) is 5.91 Å². The van der Waals surface area contributed by atoms with E-state index in [1.807, 2.05) is 52.8 Å². The molecule has 1 saturated carbocycles. The van der Waals surface area contributed by atoms with E-state index >= 15 is 0 Å². The zero-order valence-electron chi connectivity index (χ0n) is 15.5. The van der Waals surface area contributed by atoms with Crippen molar-refractivity contribution in [1.82, 2.24) is 24.6 Å². The van der Waals surface area contributed by atoms with Crippen molar-refractivity contribution in [3.63, 3.8) is 0 Å². The van der Waals surface area contributed by atoms with Gasteiger partial charge in [0.25, 0.3) is 0 Å². The summed E-state index contributed by atoms with van der Waals surface area (Å²) in [5, 5.41) is 10.1. The van der Waals surface area contributed by atoms with Crippen LogP contribution in [0.5, 0.6) is 0 Å². The van der Waals surface area contributed by atoms with Gasteiger partial charge in [-0.05, 0) is 56.2 Å². The van der Waals surface area contributed by atoms with E-state index in [1.165, 1.54) is 11.8 Å². The average molecular weight is 414 g/mol. The topological polar surface area (TPSA) is 63.9 Å². The second-order valence-corrected chi connectivity index (χ2v) is 7.93. The van der Waals surface area contributed by atoms with Crippen molar-refractivity contribution < 1.29 is 4.79 Å². The molecule has 0 spiro atoms. The Morgan fingerprint density at radius 2 is 1.89 bits per heavy atom. The van der Waals surface area contributed by atoms with Crippen LogP contribution in [0.4, 0.5) is 0 Å². The molecule has 4 rings (SSSR count). The Balaban J connectivity index is 1.64. The molecule has 0 radical (unpaired) electrons. The molecule has 0 saturated heterocycles. The summed E-state index contributed by atoms with van der Waals surface area (Å²) in [6.45, 7) is 2.77. The summed E-state index contributed by atoms with van der Waals surface area (Å²) >= 11 is 7.46. The Labute approximate surface area is 172 Å². The number of amides is 1. The van der Waals surface area contributed by atoms with Crippen LogP contribution in [0.15, 0.2) is 53.9 Å². The predicted octanol–water partition coefficient (Wildman–Crippen LogP) is 4.09. The highest BCUT2D eigenvalue weighted by molar-refractivity contribution is 7.99. The van der Waals surface area contributed by atoms with Gasteiger partial charge in [-0.25, -0.2) is 0 Å². The van der Waals surface area contributed by atoms with Gasteiger partial charge in [-0.3, -0.25) is 14.3 Å². The summed E-state index contributed by atoms with van der Waals surface area (Å²) in [6.07, 6.45) is 5.66. The minimum atomic E-state index is 0.145. The number of rotatable bonds is 7. The fraction of sp³-hybridized carbons (Fsp3) is 0.300. The van der Waals surface area contributed by atoms with Crippen LogP contribution in [0.1, 0.15) is 19.8 Å². The van der Waals surface area contributed by atoms with Crippen LogP contribution in [-0.2, 0) is 4.79 Å². The van der Waals surface area contributed by atoms with Crippen LogP contribution in [-0.4, -0.2) is 48.9 Å². The number of nitrogens with zero attached hydrogens (tertiary/aromatic N) is 5.